The van der Waals surface area contributed by atoms with Crippen LogP contribution >= 0.6 is 0 Å². The van der Waals surface area contributed by atoms with Gasteiger partial charge in [0.25, 0.3) is 0 Å². The lowest BCUT2D eigenvalue weighted by molar-refractivity contribution is -0.160. The van der Waals surface area contributed by atoms with E-state index in [9.17, 15) is 9.59 Å². The summed E-state index contributed by atoms with van der Waals surface area (Å²) in [6.45, 7) is 3.77. The van der Waals surface area contributed by atoms with E-state index < -0.39 is 18.0 Å². The van der Waals surface area contributed by atoms with Gasteiger partial charge in [0.2, 0.25) is 0 Å². The largest absolute Gasteiger partial charge is 0.392 e. The number of rotatable bonds is 15. The highest BCUT2D eigenvalue weighted by Gasteiger charge is 2.13. The molecule has 0 radical (unpaired) electrons. The van der Waals surface area contributed by atoms with Crippen LogP contribution < -0.4 is 5.73 Å². The molecule has 0 bridgehead atoms. The number of ether oxygens (including phenoxy) is 1. The third-order valence-electron chi connectivity index (χ3n) is 4.07. The fourth-order valence-corrected chi connectivity index (χ4v) is 2.54. The molecule has 0 unspecified atom stereocenters. The summed E-state index contributed by atoms with van der Waals surface area (Å²) in [5.74, 6) is -1.08. The van der Waals surface area contributed by atoms with E-state index >= 15 is 0 Å². The lowest BCUT2D eigenvalue weighted by Crippen LogP contribution is -2.30. The molecule has 0 aliphatic heterocycles. The minimum absolute atomic E-state index is 0.316. The van der Waals surface area contributed by atoms with Gasteiger partial charge in [-0.25, -0.2) is 4.79 Å². The fourth-order valence-electron chi connectivity index (χ4n) is 2.54. The highest BCUT2D eigenvalue weighted by Crippen LogP contribution is 2.13. The van der Waals surface area contributed by atoms with E-state index in [4.69, 9.17) is 5.73 Å². The average molecular weight is 328 g/mol. The van der Waals surface area contributed by atoms with E-state index in [0.29, 0.717) is 6.42 Å². The second-order valence-electron chi connectivity index (χ2n) is 6.57. The minimum atomic E-state index is -0.731. The molecule has 0 amide bonds. The van der Waals surface area contributed by atoms with Gasteiger partial charge in [-0.05, 0) is 13.3 Å². The molecule has 23 heavy (non-hydrogen) atoms. The number of carbonyl (C=O) groups excluding carboxylic acids is 2. The molecule has 0 saturated heterocycles. The minimum Gasteiger partial charge on any atom is -0.392 e. The van der Waals surface area contributed by atoms with Crippen LogP contribution in [0.4, 0.5) is 0 Å². The van der Waals surface area contributed by atoms with Crippen LogP contribution in [0.5, 0.6) is 0 Å². The van der Waals surface area contributed by atoms with Crippen LogP contribution in [0.1, 0.15) is 104 Å². The first-order chi connectivity index (χ1) is 11.1. The van der Waals surface area contributed by atoms with E-state index in [1.54, 1.807) is 0 Å². The van der Waals surface area contributed by atoms with Crippen LogP contribution in [0.3, 0.4) is 0 Å². The molecule has 2 N–H and O–H groups in total. The maximum Gasteiger partial charge on any atom is 0.330 e. The summed E-state index contributed by atoms with van der Waals surface area (Å²) in [5.41, 5.74) is 5.33. The van der Waals surface area contributed by atoms with E-state index in [2.05, 4.69) is 11.7 Å². The summed E-state index contributed by atoms with van der Waals surface area (Å²) in [6.07, 6.45) is 16.8. The molecule has 0 fully saturated rings. The zero-order valence-electron chi connectivity index (χ0n) is 15.3. The molecule has 0 spiro atoms. The molecule has 136 valence electrons. The predicted molar refractivity (Wildman–Crippen MR) is 95.1 cm³/mol. The van der Waals surface area contributed by atoms with Gasteiger partial charge in [-0.3, -0.25) is 4.79 Å². The van der Waals surface area contributed by atoms with E-state index in [-0.39, 0.29) is 0 Å². The number of esters is 2. The topological polar surface area (TPSA) is 69.4 Å². The highest BCUT2D eigenvalue weighted by molar-refractivity contribution is 5.87. The van der Waals surface area contributed by atoms with Crippen molar-refractivity contribution in [3.8, 4) is 0 Å². The van der Waals surface area contributed by atoms with Crippen LogP contribution in [-0.2, 0) is 14.3 Å². The van der Waals surface area contributed by atoms with Crippen LogP contribution in [0.25, 0.3) is 0 Å². The Bertz CT molecular complexity index is 303. The summed E-state index contributed by atoms with van der Waals surface area (Å²) in [4.78, 5) is 22.5. The van der Waals surface area contributed by atoms with Gasteiger partial charge in [-0.2, -0.15) is 0 Å². The predicted octanol–water partition coefficient (Wildman–Crippen LogP) is 4.88. The maximum atomic E-state index is 11.4. The Kier molecular flexibility index (Phi) is 15.4. The summed E-state index contributed by atoms with van der Waals surface area (Å²) >= 11 is 0. The number of carbonyl (C=O) groups is 2. The number of hydrogen-bond donors (Lipinski definition) is 1. The SMILES string of the molecule is CCCCCCCCCCCCCCCC(=O)OC(=O)[C@H](C)N. The summed E-state index contributed by atoms with van der Waals surface area (Å²) in [7, 11) is 0. The Balaban J connectivity index is 3.21. The van der Waals surface area contributed by atoms with Gasteiger partial charge in [0.05, 0.1) is 0 Å². The molecule has 0 rings (SSSR count). The van der Waals surface area contributed by atoms with Crippen molar-refractivity contribution in [3.05, 3.63) is 0 Å². The zero-order chi connectivity index (χ0) is 17.3. The van der Waals surface area contributed by atoms with E-state index in [0.717, 1.165) is 19.3 Å². The Hall–Kier alpha value is -0.900. The standard InChI is InChI=1S/C19H37NO3/c1-3-4-5-6-7-8-9-10-11-12-13-14-15-16-18(21)23-19(22)17(2)20/h17H,3-16,20H2,1-2H3/t17-/m0/s1. The molecule has 0 aromatic rings. The van der Waals surface area contributed by atoms with Gasteiger partial charge in [0, 0.05) is 6.42 Å². The van der Waals surface area contributed by atoms with Crippen molar-refractivity contribution in [1.82, 2.24) is 0 Å². The molecule has 1 atom stereocenters. The first-order valence-corrected chi connectivity index (χ1v) is 9.58. The van der Waals surface area contributed by atoms with Crippen molar-refractivity contribution in [2.45, 2.75) is 110 Å². The molecule has 0 heterocycles. The van der Waals surface area contributed by atoms with Crippen molar-refractivity contribution in [3.63, 3.8) is 0 Å². The molecule has 0 aliphatic carbocycles. The molecular formula is C19H37NO3. The van der Waals surface area contributed by atoms with Crippen molar-refractivity contribution in [2.24, 2.45) is 5.73 Å². The number of nitrogens with two attached hydrogens (primary N) is 1. The quantitative estimate of drug-likeness (QED) is 0.264. The number of unbranched alkanes of at least 4 members (excludes halogenated alkanes) is 12. The second-order valence-corrected chi connectivity index (χ2v) is 6.57. The van der Waals surface area contributed by atoms with Crippen LogP contribution in [0.15, 0.2) is 0 Å². The van der Waals surface area contributed by atoms with Crippen molar-refractivity contribution in [1.29, 1.82) is 0 Å². The fraction of sp³-hybridized carbons (Fsp3) is 0.895. The van der Waals surface area contributed by atoms with Gasteiger partial charge in [0.15, 0.2) is 0 Å². The Morgan fingerprint density at radius 3 is 1.57 bits per heavy atom. The zero-order valence-corrected chi connectivity index (χ0v) is 15.3. The van der Waals surface area contributed by atoms with Crippen molar-refractivity contribution >= 4 is 11.9 Å². The summed E-state index contributed by atoms with van der Waals surface area (Å²) in [6, 6.07) is -0.731. The summed E-state index contributed by atoms with van der Waals surface area (Å²) < 4.78 is 4.62. The lowest BCUT2D eigenvalue weighted by atomic mass is 10.0. The van der Waals surface area contributed by atoms with E-state index in [1.165, 1.54) is 71.1 Å². The van der Waals surface area contributed by atoms with Crippen molar-refractivity contribution < 1.29 is 14.3 Å². The highest BCUT2D eigenvalue weighted by atomic mass is 16.6. The second kappa shape index (κ2) is 16.0. The monoisotopic (exact) mass is 327 g/mol. The number of hydrogen-bond acceptors (Lipinski definition) is 4. The van der Waals surface area contributed by atoms with Gasteiger partial charge in [-0.1, -0.05) is 84.0 Å². The van der Waals surface area contributed by atoms with E-state index in [1.807, 2.05) is 0 Å². The third-order valence-corrected chi connectivity index (χ3v) is 4.07. The smallest absolute Gasteiger partial charge is 0.330 e. The maximum absolute atomic E-state index is 11.4. The molecule has 0 aliphatic rings. The van der Waals surface area contributed by atoms with Gasteiger partial charge >= 0.3 is 11.9 Å². The Labute approximate surface area is 142 Å². The van der Waals surface area contributed by atoms with Crippen LogP contribution in [0.2, 0.25) is 0 Å². The Morgan fingerprint density at radius 2 is 1.17 bits per heavy atom. The van der Waals surface area contributed by atoms with Crippen molar-refractivity contribution in [2.75, 3.05) is 0 Å². The third kappa shape index (κ3) is 15.8. The molecular weight excluding hydrogens is 290 g/mol. The van der Waals surface area contributed by atoms with Crippen LogP contribution in [0, 0.1) is 0 Å². The normalized spacial score (nSPS) is 12.1. The van der Waals surface area contributed by atoms with Gasteiger partial charge in [0.1, 0.15) is 6.04 Å². The van der Waals surface area contributed by atoms with Gasteiger partial charge in [-0.15, -0.1) is 0 Å². The van der Waals surface area contributed by atoms with Crippen LogP contribution in [-0.4, -0.2) is 18.0 Å². The molecule has 4 heteroatoms. The first kappa shape index (κ1) is 22.1. The molecule has 4 nitrogen and oxygen atoms in total. The Morgan fingerprint density at radius 1 is 0.783 bits per heavy atom. The lowest BCUT2D eigenvalue weighted by Gasteiger charge is -2.05. The summed E-state index contributed by atoms with van der Waals surface area (Å²) in [5, 5.41) is 0. The molecule has 0 aromatic heterocycles. The first-order valence-electron chi connectivity index (χ1n) is 9.58. The van der Waals surface area contributed by atoms with Gasteiger partial charge < -0.3 is 10.5 Å². The molecule has 0 aromatic carbocycles. The average Bonchev–Trinajstić information content (AvgIpc) is 2.51. The molecule has 0 saturated carbocycles.